The van der Waals surface area contributed by atoms with Crippen LogP contribution in [0.25, 0.3) is 0 Å². The van der Waals surface area contributed by atoms with Crippen LogP contribution < -0.4 is 10.6 Å². The summed E-state index contributed by atoms with van der Waals surface area (Å²) in [6.07, 6.45) is -8.34. The molecule has 2 aromatic rings. The number of amides is 1. The van der Waals surface area contributed by atoms with E-state index in [1.54, 1.807) is 6.07 Å². The molecule has 4 nitrogen and oxygen atoms in total. The number of nitrogens with zero attached hydrogens (tertiary/aromatic N) is 1. The highest BCUT2D eigenvalue weighted by Crippen LogP contribution is 2.36. The zero-order valence-corrected chi connectivity index (χ0v) is 14.9. The van der Waals surface area contributed by atoms with Gasteiger partial charge in [-0.15, -0.1) is 0 Å². The number of benzene rings is 2. The van der Waals surface area contributed by atoms with Crippen molar-refractivity contribution in [2.45, 2.75) is 12.4 Å². The Balaban J connectivity index is 2.14. The average molecular weight is 434 g/mol. The Labute approximate surface area is 165 Å². The monoisotopic (exact) mass is 433 g/mol. The van der Waals surface area contributed by atoms with Gasteiger partial charge in [-0.3, -0.25) is 4.79 Å². The van der Waals surface area contributed by atoms with Gasteiger partial charge in [0.15, 0.2) is 0 Å². The molecule has 0 fully saturated rings. The van der Waals surface area contributed by atoms with E-state index in [0.717, 1.165) is 42.6 Å². The lowest BCUT2D eigenvalue weighted by Gasteiger charge is -2.11. The van der Waals surface area contributed by atoms with E-state index < -0.39 is 40.0 Å². The topological polar surface area (TPSA) is 64.9 Å². The van der Waals surface area contributed by atoms with Gasteiger partial charge in [0.05, 0.1) is 16.1 Å². The molecule has 0 bridgehead atoms. The fraction of sp³-hybridized carbons (Fsp3) is 0.111. The molecule has 11 heteroatoms. The van der Waals surface area contributed by atoms with E-state index in [2.05, 4.69) is 10.6 Å². The predicted octanol–water partition coefficient (Wildman–Crippen LogP) is 5.84. The number of halogens is 7. The molecule has 0 heterocycles. The first-order chi connectivity index (χ1) is 13.4. The molecule has 0 atom stereocenters. The number of carbonyl (C=O) groups is 1. The molecule has 0 aromatic heterocycles. The average Bonchev–Trinajstić information content (AvgIpc) is 2.62. The van der Waals surface area contributed by atoms with Gasteiger partial charge in [-0.2, -0.15) is 31.6 Å². The molecular formula is C18H10ClF6N3O. The van der Waals surface area contributed by atoms with Crippen LogP contribution in [0.1, 0.15) is 11.1 Å². The molecule has 2 N–H and O–H groups in total. The summed E-state index contributed by atoms with van der Waals surface area (Å²) in [7, 11) is 0. The molecule has 1 amide bonds. The SMILES string of the molecule is N#C/C(=C/Nc1ccc(C(F)(F)F)cc1)C(=O)Nc1ccc(Cl)c(C(F)(F)F)c1. The Morgan fingerprint density at radius 1 is 0.966 bits per heavy atom. The van der Waals surface area contributed by atoms with Crippen LogP contribution in [0.2, 0.25) is 5.02 Å². The van der Waals surface area contributed by atoms with Crippen molar-refractivity contribution in [3.63, 3.8) is 0 Å². The van der Waals surface area contributed by atoms with Crippen LogP contribution in [-0.4, -0.2) is 5.91 Å². The van der Waals surface area contributed by atoms with E-state index >= 15 is 0 Å². The number of rotatable bonds is 4. The molecular weight excluding hydrogens is 424 g/mol. The Bertz CT molecular complexity index is 975. The smallest absolute Gasteiger partial charge is 0.360 e. The van der Waals surface area contributed by atoms with Crippen molar-refractivity contribution in [3.05, 3.63) is 70.4 Å². The molecule has 0 spiro atoms. The van der Waals surface area contributed by atoms with Crippen LogP contribution in [0.15, 0.2) is 54.2 Å². The summed E-state index contributed by atoms with van der Waals surface area (Å²) >= 11 is 5.49. The summed E-state index contributed by atoms with van der Waals surface area (Å²) in [5.74, 6) is -1.03. The second kappa shape index (κ2) is 8.45. The molecule has 0 saturated heterocycles. The van der Waals surface area contributed by atoms with Gasteiger partial charge in [0.1, 0.15) is 11.6 Å². The fourth-order valence-corrected chi connectivity index (χ4v) is 2.30. The van der Waals surface area contributed by atoms with Crippen LogP contribution in [0, 0.1) is 11.3 Å². The van der Waals surface area contributed by atoms with E-state index in [-0.39, 0.29) is 11.4 Å². The van der Waals surface area contributed by atoms with Crippen molar-refractivity contribution in [1.29, 1.82) is 5.26 Å². The Kier molecular flexibility index (Phi) is 6.44. The van der Waals surface area contributed by atoms with Gasteiger partial charge >= 0.3 is 12.4 Å². The minimum atomic E-state index is -4.74. The summed E-state index contributed by atoms with van der Waals surface area (Å²) in [6, 6.07) is 7.98. The molecule has 0 aliphatic carbocycles. The summed E-state index contributed by atoms with van der Waals surface area (Å²) in [4.78, 5) is 12.1. The van der Waals surface area contributed by atoms with Crippen LogP contribution >= 0.6 is 11.6 Å². The third-order valence-electron chi connectivity index (χ3n) is 3.49. The lowest BCUT2D eigenvalue weighted by molar-refractivity contribution is -0.138. The lowest BCUT2D eigenvalue weighted by atomic mass is 10.2. The Morgan fingerprint density at radius 2 is 1.55 bits per heavy atom. The van der Waals surface area contributed by atoms with Crippen molar-refractivity contribution in [3.8, 4) is 6.07 Å². The van der Waals surface area contributed by atoms with Crippen molar-refractivity contribution < 1.29 is 31.1 Å². The van der Waals surface area contributed by atoms with Gasteiger partial charge in [0, 0.05) is 17.6 Å². The number of hydrogen-bond donors (Lipinski definition) is 2. The predicted molar refractivity (Wildman–Crippen MR) is 93.8 cm³/mol. The molecule has 0 aliphatic heterocycles. The maximum absolute atomic E-state index is 12.9. The van der Waals surface area contributed by atoms with Gasteiger partial charge in [-0.1, -0.05) is 11.6 Å². The Morgan fingerprint density at radius 3 is 2.07 bits per heavy atom. The summed E-state index contributed by atoms with van der Waals surface area (Å²) in [6.45, 7) is 0. The fourth-order valence-electron chi connectivity index (χ4n) is 2.08. The first-order valence-corrected chi connectivity index (χ1v) is 8.02. The first kappa shape index (κ1) is 22.1. The normalized spacial score (nSPS) is 12.3. The highest BCUT2D eigenvalue weighted by molar-refractivity contribution is 6.31. The quantitative estimate of drug-likeness (QED) is 0.362. The maximum atomic E-state index is 12.9. The molecule has 0 radical (unpaired) electrons. The Hall–Kier alpha value is -3.19. The van der Waals surface area contributed by atoms with Crippen LogP contribution in [0.5, 0.6) is 0 Å². The zero-order valence-electron chi connectivity index (χ0n) is 14.1. The first-order valence-electron chi connectivity index (χ1n) is 7.64. The molecule has 0 saturated carbocycles. The number of alkyl halides is 6. The van der Waals surface area contributed by atoms with E-state index in [9.17, 15) is 31.1 Å². The minimum Gasteiger partial charge on any atom is -0.360 e. The highest BCUT2D eigenvalue weighted by Gasteiger charge is 2.33. The third-order valence-corrected chi connectivity index (χ3v) is 3.82. The van der Waals surface area contributed by atoms with Crippen LogP contribution in [0.3, 0.4) is 0 Å². The summed E-state index contributed by atoms with van der Waals surface area (Å²) < 4.78 is 76.1. The second-order valence-corrected chi connectivity index (χ2v) is 5.94. The van der Waals surface area contributed by atoms with Crippen molar-refractivity contribution in [1.82, 2.24) is 0 Å². The van der Waals surface area contributed by atoms with Crippen molar-refractivity contribution in [2.24, 2.45) is 0 Å². The highest BCUT2D eigenvalue weighted by atomic mass is 35.5. The molecule has 2 aromatic carbocycles. The van der Waals surface area contributed by atoms with E-state index in [1.165, 1.54) is 0 Å². The second-order valence-electron chi connectivity index (χ2n) is 5.54. The summed E-state index contributed by atoms with van der Waals surface area (Å²) in [5, 5.41) is 13.1. The van der Waals surface area contributed by atoms with Gasteiger partial charge in [0.25, 0.3) is 5.91 Å². The third kappa shape index (κ3) is 5.89. The van der Waals surface area contributed by atoms with Crippen molar-refractivity contribution >= 4 is 28.9 Å². The molecule has 0 aliphatic rings. The summed E-state index contributed by atoms with van der Waals surface area (Å²) in [5.41, 5.74) is -2.66. The number of nitrogens with one attached hydrogen (secondary N) is 2. The molecule has 2 rings (SSSR count). The lowest BCUT2D eigenvalue weighted by Crippen LogP contribution is -2.15. The minimum absolute atomic E-state index is 0.157. The maximum Gasteiger partial charge on any atom is 0.417 e. The van der Waals surface area contributed by atoms with Gasteiger partial charge in [-0.25, -0.2) is 0 Å². The van der Waals surface area contributed by atoms with Crippen LogP contribution in [0.4, 0.5) is 37.7 Å². The largest absolute Gasteiger partial charge is 0.417 e. The molecule has 29 heavy (non-hydrogen) atoms. The van der Waals surface area contributed by atoms with Crippen LogP contribution in [-0.2, 0) is 17.1 Å². The van der Waals surface area contributed by atoms with Gasteiger partial charge in [-0.05, 0) is 42.5 Å². The van der Waals surface area contributed by atoms with Crippen molar-refractivity contribution in [2.75, 3.05) is 10.6 Å². The van der Waals surface area contributed by atoms with E-state index in [4.69, 9.17) is 16.9 Å². The number of hydrogen-bond acceptors (Lipinski definition) is 3. The standard InChI is InChI=1S/C18H10ClF6N3O/c19-15-6-5-13(7-14(15)18(23,24)25)28-16(29)10(8-26)9-27-12-3-1-11(2-4-12)17(20,21)22/h1-7,9,27H,(H,28,29)/b10-9-. The number of nitriles is 1. The molecule has 0 unspecified atom stereocenters. The van der Waals surface area contributed by atoms with Gasteiger partial charge < -0.3 is 10.6 Å². The molecule has 152 valence electrons. The van der Waals surface area contributed by atoms with E-state index in [1.807, 2.05) is 0 Å². The van der Waals surface area contributed by atoms with Gasteiger partial charge in [0.2, 0.25) is 0 Å². The number of anilines is 2. The number of carbonyl (C=O) groups excluding carboxylic acids is 1. The zero-order chi connectivity index (χ0) is 21.8. The van der Waals surface area contributed by atoms with E-state index in [0.29, 0.717) is 6.07 Å².